The second kappa shape index (κ2) is 5.77. The van der Waals surface area contributed by atoms with Gasteiger partial charge in [-0.05, 0) is 24.3 Å². The monoisotopic (exact) mass is 333 g/mol. The molecule has 0 aliphatic carbocycles. The molecule has 4 rings (SSSR count). The summed E-state index contributed by atoms with van der Waals surface area (Å²) >= 11 is 0. The van der Waals surface area contributed by atoms with Crippen molar-refractivity contribution in [2.75, 3.05) is 7.11 Å². The Bertz CT molecular complexity index is 980. The molecule has 3 aromatic carbocycles. The molecule has 0 bridgehead atoms. The van der Waals surface area contributed by atoms with Crippen molar-refractivity contribution < 1.29 is 9.30 Å². The van der Waals surface area contributed by atoms with E-state index in [-0.39, 0.29) is 0 Å². The Labute approximate surface area is 141 Å². The molecule has 3 nitrogen and oxygen atoms in total. The number of benzene rings is 3. The van der Waals surface area contributed by atoms with Gasteiger partial charge in [0.15, 0.2) is 7.14 Å². The molecule has 0 N–H and O–H groups in total. The average Bonchev–Trinajstić information content (AvgIpc) is 2.96. The largest absolute Gasteiger partial charge is 0.496 e. The Hall–Kier alpha value is -2.64. The first-order valence-electron chi connectivity index (χ1n) is 7.73. The molecular formula is C20H16NO2P. The van der Waals surface area contributed by atoms with Crippen molar-refractivity contribution in [3.63, 3.8) is 0 Å². The molecule has 0 spiro atoms. The van der Waals surface area contributed by atoms with E-state index < -0.39 is 7.14 Å². The summed E-state index contributed by atoms with van der Waals surface area (Å²) in [4.78, 5) is 4.73. The summed E-state index contributed by atoms with van der Waals surface area (Å²) in [6, 6.07) is 24.8. The number of nitrogens with zero attached hydrogens (tertiary/aromatic N) is 1. The van der Waals surface area contributed by atoms with Crippen molar-refractivity contribution in [2.45, 2.75) is 0 Å². The van der Waals surface area contributed by atoms with Gasteiger partial charge in [0.25, 0.3) is 0 Å². The third-order valence-electron chi connectivity index (χ3n) is 4.21. The van der Waals surface area contributed by atoms with Gasteiger partial charge in [-0.15, -0.1) is 0 Å². The van der Waals surface area contributed by atoms with Crippen molar-refractivity contribution in [3.8, 4) is 5.75 Å². The fourth-order valence-electron chi connectivity index (χ4n) is 3.08. The lowest BCUT2D eigenvalue weighted by Crippen LogP contribution is -2.19. The highest BCUT2D eigenvalue weighted by molar-refractivity contribution is 7.94. The van der Waals surface area contributed by atoms with Gasteiger partial charge in [0.1, 0.15) is 11.2 Å². The Morgan fingerprint density at radius 1 is 0.833 bits per heavy atom. The van der Waals surface area contributed by atoms with E-state index in [2.05, 4.69) is 0 Å². The molecule has 0 saturated heterocycles. The van der Waals surface area contributed by atoms with E-state index in [1.54, 1.807) is 7.11 Å². The fraction of sp³-hybridized carbons (Fsp3) is 0.0500. The lowest BCUT2D eigenvalue weighted by molar-refractivity contribution is 0.414. The van der Waals surface area contributed by atoms with E-state index >= 15 is 0 Å². The summed E-state index contributed by atoms with van der Waals surface area (Å²) in [6.07, 6.45) is 0. The molecule has 1 aliphatic rings. The third kappa shape index (κ3) is 2.13. The summed E-state index contributed by atoms with van der Waals surface area (Å²) in [7, 11) is -1.39. The summed E-state index contributed by atoms with van der Waals surface area (Å²) in [5.41, 5.74) is 2.14. The van der Waals surface area contributed by atoms with Crippen LogP contribution in [-0.4, -0.2) is 12.6 Å². The number of para-hydroxylation sites is 2. The Morgan fingerprint density at radius 3 is 2.29 bits per heavy atom. The van der Waals surface area contributed by atoms with Crippen LogP contribution in [0, 0.1) is 0 Å². The smallest absolute Gasteiger partial charge is 0.191 e. The maximum atomic E-state index is 14.3. The summed E-state index contributed by atoms with van der Waals surface area (Å²) in [5, 5.41) is 1.58. The molecule has 1 heterocycles. The van der Waals surface area contributed by atoms with Crippen LogP contribution in [0.15, 0.2) is 83.9 Å². The molecule has 3 aromatic rings. The molecule has 0 saturated carbocycles. The van der Waals surface area contributed by atoms with Crippen LogP contribution in [0.3, 0.4) is 0 Å². The predicted octanol–water partition coefficient (Wildman–Crippen LogP) is 4.10. The van der Waals surface area contributed by atoms with Gasteiger partial charge in [0.05, 0.1) is 12.8 Å². The first-order valence-corrected chi connectivity index (χ1v) is 9.44. The van der Waals surface area contributed by atoms with Gasteiger partial charge in [0.2, 0.25) is 0 Å². The van der Waals surface area contributed by atoms with E-state index in [0.717, 1.165) is 21.9 Å². The van der Waals surface area contributed by atoms with Crippen molar-refractivity contribution in [1.29, 1.82) is 0 Å². The van der Waals surface area contributed by atoms with Crippen LogP contribution >= 0.6 is 7.14 Å². The molecule has 0 amide bonds. The quantitative estimate of drug-likeness (QED) is 0.677. The van der Waals surface area contributed by atoms with Crippen LogP contribution in [-0.2, 0) is 4.57 Å². The van der Waals surface area contributed by atoms with Crippen LogP contribution in [0.1, 0.15) is 5.56 Å². The zero-order valence-corrected chi connectivity index (χ0v) is 14.1. The van der Waals surface area contributed by atoms with Gasteiger partial charge in [-0.3, -0.25) is 0 Å². The molecular weight excluding hydrogens is 317 g/mol. The maximum Gasteiger partial charge on any atom is 0.191 e. The molecule has 1 unspecified atom stereocenters. The highest BCUT2D eigenvalue weighted by Crippen LogP contribution is 2.55. The van der Waals surface area contributed by atoms with Gasteiger partial charge >= 0.3 is 0 Å². The topological polar surface area (TPSA) is 38.7 Å². The molecule has 118 valence electrons. The zero-order chi connectivity index (χ0) is 16.6. The molecule has 24 heavy (non-hydrogen) atoms. The van der Waals surface area contributed by atoms with Crippen LogP contribution in [0.5, 0.6) is 5.75 Å². The first kappa shape index (κ1) is 14.9. The zero-order valence-electron chi connectivity index (χ0n) is 13.2. The Morgan fingerprint density at radius 2 is 1.50 bits per heavy atom. The lowest BCUT2D eigenvalue weighted by atomic mass is 10.2. The highest BCUT2D eigenvalue weighted by Gasteiger charge is 2.41. The molecule has 0 aromatic heterocycles. The molecule has 4 heteroatoms. The third-order valence-corrected chi connectivity index (χ3v) is 7.23. The minimum atomic E-state index is -3.01. The summed E-state index contributed by atoms with van der Waals surface area (Å²) in [6.45, 7) is 0. The van der Waals surface area contributed by atoms with Gasteiger partial charge in [-0.1, -0.05) is 54.6 Å². The van der Waals surface area contributed by atoms with Gasteiger partial charge in [-0.25, -0.2) is 4.99 Å². The maximum absolute atomic E-state index is 14.3. The number of hydrogen-bond acceptors (Lipinski definition) is 3. The number of aliphatic imine (C=N–C) groups is 1. The van der Waals surface area contributed by atoms with Gasteiger partial charge in [-0.2, -0.15) is 0 Å². The summed E-state index contributed by atoms with van der Waals surface area (Å²) < 4.78 is 19.7. The van der Waals surface area contributed by atoms with Gasteiger partial charge < -0.3 is 9.30 Å². The van der Waals surface area contributed by atoms with Crippen LogP contribution < -0.4 is 15.3 Å². The van der Waals surface area contributed by atoms with Crippen molar-refractivity contribution in [1.82, 2.24) is 0 Å². The van der Waals surface area contributed by atoms with Crippen molar-refractivity contribution >= 4 is 28.9 Å². The number of hydrogen-bond donors (Lipinski definition) is 0. The number of methoxy groups -OCH3 is 1. The molecule has 1 atom stereocenters. The highest BCUT2D eigenvalue weighted by atomic mass is 31.2. The van der Waals surface area contributed by atoms with Crippen molar-refractivity contribution in [2.24, 2.45) is 4.99 Å². The molecule has 0 radical (unpaired) electrons. The fourth-order valence-corrected chi connectivity index (χ4v) is 5.94. The van der Waals surface area contributed by atoms with Crippen LogP contribution in [0.2, 0.25) is 0 Å². The Balaban J connectivity index is 2.02. The number of rotatable bonds is 3. The lowest BCUT2D eigenvalue weighted by Gasteiger charge is -2.18. The Kier molecular flexibility index (Phi) is 3.59. The minimum Gasteiger partial charge on any atom is -0.496 e. The molecule has 0 fully saturated rings. The predicted molar refractivity (Wildman–Crippen MR) is 98.9 cm³/mol. The second-order valence-electron chi connectivity index (χ2n) is 5.57. The minimum absolute atomic E-state index is 0.590. The van der Waals surface area contributed by atoms with E-state index in [0.29, 0.717) is 11.2 Å². The molecule has 1 aliphatic heterocycles. The normalized spacial score (nSPS) is 18.8. The van der Waals surface area contributed by atoms with E-state index in [4.69, 9.17) is 9.73 Å². The van der Waals surface area contributed by atoms with E-state index in [1.807, 2.05) is 78.9 Å². The number of ether oxygens (including phenoxy) is 1. The summed E-state index contributed by atoms with van der Waals surface area (Å²) in [5.74, 6) is 0.681. The van der Waals surface area contributed by atoms with E-state index in [1.165, 1.54) is 0 Å². The standard InChI is InChI=1S/C20H16NO2P/c1-23-18-13-7-5-11-16(18)20-21-17-12-6-8-14-19(17)24(20,22)15-9-3-2-4-10-15/h2-14H,1H3. The second-order valence-corrected chi connectivity index (χ2v) is 8.21. The number of fused-ring (bicyclic) bond motifs is 1. The van der Waals surface area contributed by atoms with E-state index in [9.17, 15) is 4.57 Å². The van der Waals surface area contributed by atoms with Gasteiger partial charge in [0, 0.05) is 16.2 Å². The van der Waals surface area contributed by atoms with Crippen LogP contribution in [0.4, 0.5) is 5.69 Å². The van der Waals surface area contributed by atoms with Crippen LogP contribution in [0.25, 0.3) is 0 Å². The first-order chi connectivity index (χ1) is 11.7. The van der Waals surface area contributed by atoms with Crippen molar-refractivity contribution in [3.05, 3.63) is 84.4 Å². The average molecular weight is 333 g/mol. The SMILES string of the molecule is COc1ccccc1C1=Nc2ccccc2P1(=O)c1ccccc1.